The van der Waals surface area contributed by atoms with Crippen LogP contribution in [0.5, 0.6) is 5.75 Å². The Balaban J connectivity index is 2.19. The molecule has 0 aliphatic rings. The third-order valence-electron chi connectivity index (χ3n) is 3.02. The molecule has 0 aliphatic heterocycles. The van der Waals surface area contributed by atoms with Crippen LogP contribution >= 0.6 is 34.8 Å². The summed E-state index contributed by atoms with van der Waals surface area (Å²) in [6, 6.07) is 10.7. The predicted molar refractivity (Wildman–Crippen MR) is 86.6 cm³/mol. The number of fused-ring (bicyclic) bond motifs is 1. The number of hydrogen-bond donors (Lipinski definition) is 0. The quantitative estimate of drug-likeness (QED) is 0.597. The summed E-state index contributed by atoms with van der Waals surface area (Å²) in [4.78, 5) is 8.78. The maximum Gasteiger partial charge on any atom is 0.161 e. The Labute approximate surface area is 136 Å². The van der Waals surface area contributed by atoms with Crippen LogP contribution in [0.25, 0.3) is 22.3 Å². The lowest BCUT2D eigenvalue weighted by Crippen LogP contribution is -1.93. The van der Waals surface area contributed by atoms with E-state index in [1.807, 2.05) is 24.3 Å². The largest absolute Gasteiger partial charge is 0.497 e. The normalized spacial score (nSPS) is 10.9. The van der Waals surface area contributed by atoms with Crippen LogP contribution in [-0.2, 0) is 0 Å². The van der Waals surface area contributed by atoms with Crippen LogP contribution in [0, 0.1) is 0 Å². The molecule has 0 aliphatic carbocycles. The Bertz CT molecular complexity index is 819. The van der Waals surface area contributed by atoms with Gasteiger partial charge >= 0.3 is 0 Å². The molecule has 3 aromatic rings. The predicted octanol–water partition coefficient (Wildman–Crippen LogP) is 5.27. The number of aromatic nitrogens is 2. The van der Waals surface area contributed by atoms with Crippen LogP contribution in [-0.4, -0.2) is 17.1 Å². The van der Waals surface area contributed by atoms with Crippen LogP contribution in [0.15, 0.2) is 36.4 Å². The van der Waals surface area contributed by atoms with Crippen molar-refractivity contribution in [1.29, 1.82) is 0 Å². The molecular weight excluding hydrogens is 331 g/mol. The molecule has 0 unspecified atom stereocenters. The second kappa shape index (κ2) is 5.68. The standard InChI is InChI=1S/C15H9Cl3N2O/c1-21-10-4-2-8(3-5-10)15-19-13-11(14(18)20-15)6-9(16)7-12(13)17/h2-7H,1H3. The number of halogens is 3. The molecule has 0 radical (unpaired) electrons. The molecule has 0 bridgehead atoms. The third-order valence-corrected chi connectivity index (χ3v) is 3.81. The van der Waals surface area contributed by atoms with Gasteiger partial charge in [-0.2, -0.15) is 0 Å². The summed E-state index contributed by atoms with van der Waals surface area (Å²) in [7, 11) is 1.61. The first-order chi connectivity index (χ1) is 10.1. The Kier molecular flexibility index (Phi) is 3.89. The highest BCUT2D eigenvalue weighted by Crippen LogP contribution is 2.32. The van der Waals surface area contributed by atoms with Crippen LogP contribution in [0.4, 0.5) is 0 Å². The summed E-state index contributed by atoms with van der Waals surface area (Å²) in [6.45, 7) is 0. The first-order valence-electron chi connectivity index (χ1n) is 6.05. The van der Waals surface area contributed by atoms with Crippen LogP contribution in [0.3, 0.4) is 0 Å². The van der Waals surface area contributed by atoms with E-state index in [2.05, 4.69) is 9.97 Å². The molecule has 6 heteroatoms. The van der Waals surface area contributed by atoms with Gasteiger partial charge in [-0.1, -0.05) is 34.8 Å². The van der Waals surface area contributed by atoms with Gasteiger partial charge in [0.25, 0.3) is 0 Å². The fraction of sp³-hybridized carbons (Fsp3) is 0.0667. The Morgan fingerprint density at radius 2 is 1.67 bits per heavy atom. The van der Waals surface area contributed by atoms with E-state index in [-0.39, 0.29) is 0 Å². The molecule has 21 heavy (non-hydrogen) atoms. The van der Waals surface area contributed by atoms with Gasteiger partial charge in [-0.15, -0.1) is 0 Å². The Morgan fingerprint density at radius 3 is 2.33 bits per heavy atom. The van der Waals surface area contributed by atoms with Crippen molar-refractivity contribution in [3.8, 4) is 17.1 Å². The van der Waals surface area contributed by atoms with Gasteiger partial charge < -0.3 is 4.74 Å². The van der Waals surface area contributed by atoms with Crippen molar-refractivity contribution >= 4 is 45.7 Å². The maximum absolute atomic E-state index is 6.22. The molecule has 1 heterocycles. The molecule has 0 saturated carbocycles. The van der Waals surface area contributed by atoms with E-state index in [4.69, 9.17) is 39.5 Å². The van der Waals surface area contributed by atoms with Crippen molar-refractivity contribution < 1.29 is 4.74 Å². The topological polar surface area (TPSA) is 35.0 Å². The highest BCUT2D eigenvalue weighted by Gasteiger charge is 2.11. The lowest BCUT2D eigenvalue weighted by atomic mass is 10.2. The smallest absolute Gasteiger partial charge is 0.161 e. The summed E-state index contributed by atoms with van der Waals surface area (Å²) >= 11 is 18.4. The van der Waals surface area contributed by atoms with E-state index >= 15 is 0 Å². The fourth-order valence-corrected chi connectivity index (χ4v) is 2.75. The van der Waals surface area contributed by atoms with Gasteiger partial charge in [-0.05, 0) is 36.4 Å². The van der Waals surface area contributed by atoms with Gasteiger partial charge in [0.05, 0.1) is 17.6 Å². The zero-order valence-electron chi connectivity index (χ0n) is 10.9. The average Bonchev–Trinajstić information content (AvgIpc) is 2.48. The molecule has 0 spiro atoms. The minimum absolute atomic E-state index is 0.315. The molecule has 0 amide bonds. The van der Waals surface area contributed by atoms with Gasteiger partial charge in [0.2, 0.25) is 0 Å². The van der Waals surface area contributed by atoms with Gasteiger partial charge in [0.1, 0.15) is 10.9 Å². The summed E-state index contributed by atoms with van der Waals surface area (Å²) in [6.07, 6.45) is 0. The SMILES string of the molecule is COc1ccc(-c2nc(Cl)c3cc(Cl)cc(Cl)c3n2)cc1. The van der Waals surface area contributed by atoms with Gasteiger partial charge in [0, 0.05) is 16.0 Å². The van der Waals surface area contributed by atoms with Gasteiger partial charge in [-0.25, -0.2) is 9.97 Å². The first-order valence-corrected chi connectivity index (χ1v) is 7.18. The maximum atomic E-state index is 6.22. The molecule has 1 aromatic heterocycles. The average molecular weight is 340 g/mol. The second-order valence-electron chi connectivity index (χ2n) is 4.35. The van der Waals surface area contributed by atoms with Crippen LogP contribution < -0.4 is 4.74 Å². The molecule has 0 N–H and O–H groups in total. The minimum atomic E-state index is 0.315. The minimum Gasteiger partial charge on any atom is -0.497 e. The summed E-state index contributed by atoms with van der Waals surface area (Å²) in [5.41, 5.74) is 1.40. The number of nitrogens with zero attached hydrogens (tertiary/aromatic N) is 2. The number of rotatable bonds is 2. The van der Waals surface area contributed by atoms with E-state index in [1.54, 1.807) is 19.2 Å². The molecular formula is C15H9Cl3N2O. The van der Waals surface area contributed by atoms with Crippen molar-refractivity contribution in [2.75, 3.05) is 7.11 Å². The van der Waals surface area contributed by atoms with E-state index in [1.165, 1.54) is 0 Å². The zero-order chi connectivity index (χ0) is 15.0. The summed E-state index contributed by atoms with van der Waals surface area (Å²) in [5.74, 6) is 1.26. The van der Waals surface area contributed by atoms with E-state index in [0.29, 0.717) is 31.9 Å². The van der Waals surface area contributed by atoms with Crippen molar-refractivity contribution in [2.24, 2.45) is 0 Å². The van der Waals surface area contributed by atoms with Crippen molar-refractivity contribution in [2.45, 2.75) is 0 Å². The number of hydrogen-bond acceptors (Lipinski definition) is 3. The number of ether oxygens (including phenoxy) is 1. The molecule has 0 fully saturated rings. The van der Waals surface area contributed by atoms with E-state index in [9.17, 15) is 0 Å². The number of benzene rings is 2. The lowest BCUT2D eigenvalue weighted by molar-refractivity contribution is 0.415. The Morgan fingerprint density at radius 1 is 0.952 bits per heavy atom. The monoisotopic (exact) mass is 338 g/mol. The lowest BCUT2D eigenvalue weighted by Gasteiger charge is -2.07. The Hall–Kier alpha value is -1.55. The zero-order valence-corrected chi connectivity index (χ0v) is 13.2. The van der Waals surface area contributed by atoms with Crippen molar-refractivity contribution in [3.05, 3.63) is 51.6 Å². The molecule has 3 nitrogen and oxygen atoms in total. The summed E-state index contributed by atoms with van der Waals surface area (Å²) < 4.78 is 5.13. The van der Waals surface area contributed by atoms with Crippen molar-refractivity contribution in [3.63, 3.8) is 0 Å². The third kappa shape index (κ3) is 2.77. The highest BCUT2D eigenvalue weighted by molar-refractivity contribution is 6.41. The molecule has 0 atom stereocenters. The first kappa shape index (κ1) is 14.4. The molecule has 3 rings (SSSR count). The molecule has 0 saturated heterocycles. The summed E-state index contributed by atoms with van der Waals surface area (Å²) in [5, 5.41) is 1.88. The van der Waals surface area contributed by atoms with Crippen molar-refractivity contribution in [1.82, 2.24) is 9.97 Å². The van der Waals surface area contributed by atoms with E-state index in [0.717, 1.165) is 11.3 Å². The fourth-order valence-electron chi connectivity index (χ4n) is 1.99. The van der Waals surface area contributed by atoms with Crippen LogP contribution in [0.1, 0.15) is 0 Å². The van der Waals surface area contributed by atoms with E-state index < -0.39 is 0 Å². The highest BCUT2D eigenvalue weighted by atomic mass is 35.5. The van der Waals surface area contributed by atoms with Crippen LogP contribution in [0.2, 0.25) is 15.2 Å². The molecule has 2 aromatic carbocycles. The number of methoxy groups -OCH3 is 1. The van der Waals surface area contributed by atoms with Gasteiger partial charge in [-0.3, -0.25) is 0 Å². The van der Waals surface area contributed by atoms with Gasteiger partial charge in [0.15, 0.2) is 5.82 Å². The molecule has 106 valence electrons. The second-order valence-corrected chi connectivity index (χ2v) is 5.55.